The Morgan fingerprint density at radius 2 is 1.87 bits per heavy atom. The standard InChI is InChI=1S/C26H17F3N4O4S/c27-26(28,29)16-3-1-4-17(13-16)30-22(34)14-36-18-8-6-15(7-9-18)25-32-23(33-37-25)19-10-11-20(31-24(19)35)21-5-2-12-38-21/h1-13H,14H2,(H,30,34)(H,31,35). The molecule has 192 valence electrons. The second-order valence-electron chi connectivity index (χ2n) is 7.96. The van der Waals surface area contributed by atoms with Gasteiger partial charge in [-0.3, -0.25) is 9.59 Å². The Morgan fingerprint density at radius 3 is 2.58 bits per heavy atom. The maximum atomic E-state index is 12.8. The number of pyridine rings is 1. The molecule has 12 heteroatoms. The summed E-state index contributed by atoms with van der Waals surface area (Å²) in [4.78, 5) is 32.7. The molecule has 5 rings (SSSR count). The number of hydrogen-bond acceptors (Lipinski definition) is 7. The van der Waals surface area contributed by atoms with Crippen LogP contribution >= 0.6 is 11.3 Å². The Labute approximate surface area is 216 Å². The summed E-state index contributed by atoms with van der Waals surface area (Å²) in [5, 5.41) is 8.19. The van der Waals surface area contributed by atoms with Gasteiger partial charge in [0.25, 0.3) is 17.4 Å². The van der Waals surface area contributed by atoms with Crippen molar-refractivity contribution in [2.75, 3.05) is 11.9 Å². The van der Waals surface area contributed by atoms with Gasteiger partial charge in [-0.15, -0.1) is 11.3 Å². The predicted molar refractivity (Wildman–Crippen MR) is 135 cm³/mol. The first-order chi connectivity index (χ1) is 18.3. The van der Waals surface area contributed by atoms with Crippen LogP contribution in [-0.2, 0) is 11.0 Å². The van der Waals surface area contributed by atoms with Gasteiger partial charge in [-0.2, -0.15) is 18.2 Å². The third kappa shape index (κ3) is 5.65. The highest BCUT2D eigenvalue weighted by Crippen LogP contribution is 2.31. The van der Waals surface area contributed by atoms with Gasteiger partial charge in [0.1, 0.15) is 5.75 Å². The van der Waals surface area contributed by atoms with Crippen LogP contribution in [0.3, 0.4) is 0 Å². The molecule has 0 saturated carbocycles. The smallest absolute Gasteiger partial charge is 0.416 e. The average Bonchev–Trinajstić information content (AvgIpc) is 3.61. The normalized spacial score (nSPS) is 11.3. The lowest BCUT2D eigenvalue weighted by Crippen LogP contribution is -2.20. The largest absolute Gasteiger partial charge is 0.484 e. The monoisotopic (exact) mass is 538 g/mol. The van der Waals surface area contributed by atoms with Crippen molar-refractivity contribution in [3.63, 3.8) is 0 Å². The molecule has 0 saturated heterocycles. The summed E-state index contributed by atoms with van der Waals surface area (Å²) >= 11 is 1.51. The topological polar surface area (TPSA) is 110 Å². The van der Waals surface area contributed by atoms with Gasteiger partial charge in [0, 0.05) is 11.3 Å². The van der Waals surface area contributed by atoms with Crippen molar-refractivity contribution in [3.05, 3.63) is 94.1 Å². The first-order valence-corrected chi connectivity index (χ1v) is 12.0. The van der Waals surface area contributed by atoms with Crippen molar-refractivity contribution in [1.82, 2.24) is 15.1 Å². The van der Waals surface area contributed by atoms with Crippen molar-refractivity contribution in [3.8, 4) is 39.2 Å². The number of anilines is 1. The number of carbonyl (C=O) groups is 1. The van der Waals surface area contributed by atoms with E-state index in [1.165, 1.54) is 23.5 Å². The van der Waals surface area contributed by atoms with Crippen molar-refractivity contribution < 1.29 is 27.2 Å². The molecule has 0 aliphatic rings. The SMILES string of the molecule is O=C(COc1ccc(-c2nc(-c3ccc(-c4cccs4)[nH]c3=O)no2)cc1)Nc1cccc(C(F)(F)F)c1. The number of amides is 1. The zero-order chi connectivity index (χ0) is 26.7. The van der Waals surface area contributed by atoms with Gasteiger partial charge in [0.05, 0.1) is 21.7 Å². The zero-order valence-corrected chi connectivity index (χ0v) is 20.1. The van der Waals surface area contributed by atoms with E-state index in [1.807, 2.05) is 17.5 Å². The van der Waals surface area contributed by atoms with Crippen LogP contribution < -0.4 is 15.6 Å². The summed E-state index contributed by atoms with van der Waals surface area (Å²) in [7, 11) is 0. The summed E-state index contributed by atoms with van der Waals surface area (Å²) in [5.74, 6) is 0.0275. The number of ether oxygens (including phenoxy) is 1. The van der Waals surface area contributed by atoms with Crippen LogP contribution in [0.15, 0.2) is 87.5 Å². The number of aromatic amines is 1. The Balaban J connectivity index is 1.21. The lowest BCUT2D eigenvalue weighted by Gasteiger charge is -2.10. The van der Waals surface area contributed by atoms with Gasteiger partial charge < -0.3 is 19.6 Å². The summed E-state index contributed by atoms with van der Waals surface area (Å²) in [6.45, 7) is -0.412. The van der Waals surface area contributed by atoms with Gasteiger partial charge in [-0.25, -0.2) is 0 Å². The molecule has 8 nitrogen and oxygen atoms in total. The van der Waals surface area contributed by atoms with Gasteiger partial charge >= 0.3 is 6.18 Å². The fourth-order valence-electron chi connectivity index (χ4n) is 3.49. The highest BCUT2D eigenvalue weighted by atomic mass is 32.1. The molecular weight excluding hydrogens is 521 g/mol. The quantitative estimate of drug-likeness (QED) is 0.269. The van der Waals surface area contributed by atoms with Crippen LogP contribution in [0.25, 0.3) is 33.4 Å². The fourth-order valence-corrected chi connectivity index (χ4v) is 4.20. The predicted octanol–water partition coefficient (Wildman–Crippen LogP) is 5.86. The molecule has 0 unspecified atom stereocenters. The number of rotatable bonds is 7. The first-order valence-electron chi connectivity index (χ1n) is 11.1. The number of thiophene rings is 1. The summed E-state index contributed by atoms with van der Waals surface area (Å²) < 4.78 is 49.2. The van der Waals surface area contributed by atoms with Crippen LogP contribution in [0.1, 0.15) is 5.56 Å². The van der Waals surface area contributed by atoms with Crippen molar-refractivity contribution in [1.29, 1.82) is 0 Å². The van der Waals surface area contributed by atoms with Crippen molar-refractivity contribution >= 4 is 22.9 Å². The molecule has 5 aromatic rings. The maximum Gasteiger partial charge on any atom is 0.416 e. The number of alkyl halides is 3. The van der Waals surface area contributed by atoms with E-state index < -0.39 is 24.3 Å². The minimum Gasteiger partial charge on any atom is -0.484 e. The van der Waals surface area contributed by atoms with Crippen LogP contribution in [0.2, 0.25) is 0 Å². The fraction of sp³-hybridized carbons (Fsp3) is 0.0769. The molecule has 0 spiro atoms. The molecular formula is C26H17F3N4O4S. The number of hydrogen-bond donors (Lipinski definition) is 2. The van der Waals surface area contributed by atoms with Crippen LogP contribution in [0.5, 0.6) is 5.75 Å². The van der Waals surface area contributed by atoms with Crippen LogP contribution in [0, 0.1) is 0 Å². The van der Waals surface area contributed by atoms with Crippen molar-refractivity contribution in [2.24, 2.45) is 0 Å². The van der Waals surface area contributed by atoms with Crippen LogP contribution in [0.4, 0.5) is 18.9 Å². The molecule has 0 aliphatic heterocycles. The van der Waals surface area contributed by atoms with E-state index in [0.29, 0.717) is 17.0 Å². The summed E-state index contributed by atoms with van der Waals surface area (Å²) in [6, 6.07) is 17.9. The Bertz CT molecular complexity index is 1630. The third-order valence-corrected chi connectivity index (χ3v) is 6.21. The number of nitrogens with one attached hydrogen (secondary N) is 2. The van der Waals surface area contributed by atoms with Gasteiger partial charge in [0.15, 0.2) is 6.61 Å². The number of benzene rings is 2. The van der Waals surface area contributed by atoms with Gasteiger partial charge in [0.2, 0.25) is 5.82 Å². The lowest BCUT2D eigenvalue weighted by molar-refractivity contribution is -0.137. The minimum absolute atomic E-state index is 0.0102. The van der Waals surface area contributed by atoms with E-state index in [9.17, 15) is 22.8 Å². The molecule has 0 atom stereocenters. The number of aromatic nitrogens is 3. The second-order valence-corrected chi connectivity index (χ2v) is 8.90. The molecule has 1 amide bonds. The Kier molecular flexibility index (Phi) is 6.79. The average molecular weight is 539 g/mol. The number of halogens is 3. The van der Waals surface area contributed by atoms with E-state index in [4.69, 9.17) is 9.26 Å². The molecule has 2 aromatic carbocycles. The van der Waals surface area contributed by atoms with E-state index in [2.05, 4.69) is 20.4 Å². The van der Waals surface area contributed by atoms with E-state index >= 15 is 0 Å². The molecule has 0 radical (unpaired) electrons. The first kappa shape index (κ1) is 25.0. The van der Waals surface area contributed by atoms with Crippen molar-refractivity contribution in [2.45, 2.75) is 6.18 Å². The summed E-state index contributed by atoms with van der Waals surface area (Å²) in [6.07, 6.45) is -4.51. The van der Waals surface area contributed by atoms with Crippen LogP contribution in [-0.4, -0.2) is 27.6 Å². The maximum absolute atomic E-state index is 12.8. The second kappa shape index (κ2) is 10.3. The Hall–Kier alpha value is -4.71. The summed E-state index contributed by atoms with van der Waals surface area (Å²) in [5.41, 5.74) is 0.294. The van der Waals surface area contributed by atoms with Gasteiger partial charge in [-0.05, 0) is 66.0 Å². The molecule has 0 aliphatic carbocycles. The number of carbonyl (C=O) groups excluding carboxylic acids is 1. The molecule has 3 heterocycles. The van der Waals surface area contributed by atoms with E-state index in [0.717, 1.165) is 17.0 Å². The number of H-pyrrole nitrogens is 1. The third-order valence-electron chi connectivity index (χ3n) is 5.31. The van der Waals surface area contributed by atoms with E-state index in [1.54, 1.807) is 36.4 Å². The van der Waals surface area contributed by atoms with Gasteiger partial charge in [-0.1, -0.05) is 17.3 Å². The van der Waals surface area contributed by atoms with E-state index in [-0.39, 0.29) is 28.5 Å². The zero-order valence-electron chi connectivity index (χ0n) is 19.3. The highest BCUT2D eigenvalue weighted by molar-refractivity contribution is 7.13. The molecule has 0 bridgehead atoms. The Morgan fingerprint density at radius 1 is 1.05 bits per heavy atom. The minimum atomic E-state index is -4.51. The molecule has 0 fully saturated rings. The molecule has 38 heavy (non-hydrogen) atoms. The number of nitrogens with zero attached hydrogens (tertiary/aromatic N) is 2. The molecule has 2 N–H and O–H groups in total. The highest BCUT2D eigenvalue weighted by Gasteiger charge is 2.30. The lowest BCUT2D eigenvalue weighted by atomic mass is 10.2. The molecule has 3 aromatic heterocycles.